The van der Waals surface area contributed by atoms with Crippen LogP contribution in [0.3, 0.4) is 0 Å². The van der Waals surface area contributed by atoms with Crippen LogP contribution in [0, 0.1) is 0 Å². The highest BCUT2D eigenvalue weighted by Crippen LogP contribution is 2.47. The number of ether oxygens (including phenoxy) is 2. The van der Waals surface area contributed by atoms with Crippen molar-refractivity contribution in [3.8, 4) is 16.9 Å². The van der Waals surface area contributed by atoms with Crippen molar-refractivity contribution >= 4 is 27.6 Å². The Balaban J connectivity index is 1.35. The molecule has 0 aliphatic heterocycles. The SMILES string of the molecule is CCOC(=O)c1[nH]c2c(-c3c(CO)nn(CC)c3C3CC3)cccc2c1CCCOc1cccc2ccccc12. The lowest BCUT2D eigenvalue weighted by atomic mass is 9.97. The van der Waals surface area contributed by atoms with E-state index in [1.54, 1.807) is 0 Å². The van der Waals surface area contributed by atoms with E-state index in [9.17, 15) is 9.90 Å². The van der Waals surface area contributed by atoms with Gasteiger partial charge in [-0.25, -0.2) is 4.79 Å². The number of fused-ring (bicyclic) bond motifs is 2. The van der Waals surface area contributed by atoms with Gasteiger partial charge in [-0.15, -0.1) is 0 Å². The van der Waals surface area contributed by atoms with Crippen LogP contribution in [0.1, 0.15) is 66.5 Å². The quantitative estimate of drug-likeness (QED) is 0.143. The maximum atomic E-state index is 13.1. The number of nitrogens with zero attached hydrogens (tertiary/aromatic N) is 2. The van der Waals surface area contributed by atoms with Gasteiger partial charge in [0.25, 0.3) is 0 Å². The molecule has 0 radical (unpaired) electrons. The fourth-order valence-corrected chi connectivity index (χ4v) is 5.81. The number of aryl methyl sites for hydroxylation is 2. The number of aromatic amines is 1. The predicted octanol–water partition coefficient (Wildman–Crippen LogP) is 6.76. The van der Waals surface area contributed by atoms with Crippen LogP contribution in [0.2, 0.25) is 0 Å². The number of esters is 1. The molecule has 2 heterocycles. The van der Waals surface area contributed by atoms with Crippen LogP contribution in [-0.2, 0) is 24.3 Å². The molecule has 0 unspecified atom stereocenters. The smallest absolute Gasteiger partial charge is 0.355 e. The Bertz CT molecular complexity index is 1670. The lowest BCUT2D eigenvalue weighted by molar-refractivity contribution is 0.0519. The third-order valence-electron chi connectivity index (χ3n) is 7.75. The number of carbonyl (C=O) groups excluding carboxylic acids is 1. The van der Waals surface area contributed by atoms with E-state index in [2.05, 4.69) is 42.2 Å². The molecule has 5 aromatic rings. The normalized spacial score (nSPS) is 13.3. The zero-order valence-corrected chi connectivity index (χ0v) is 23.1. The highest BCUT2D eigenvalue weighted by atomic mass is 16.5. The number of para-hydroxylation sites is 1. The average molecular weight is 538 g/mol. The standard InChI is InChI=1S/C33H35N3O4/c1-3-36-32(22-17-18-22)29(27(20-37)35-36)26-14-8-13-24-25(31(34-30(24)26)33(38)39-4-2)15-9-19-40-28-16-7-11-21-10-5-6-12-23(21)28/h5-8,10-14,16,22,34,37H,3-4,9,15,17-20H2,1-2H3. The first-order valence-corrected chi connectivity index (χ1v) is 14.3. The third kappa shape index (κ3) is 4.75. The van der Waals surface area contributed by atoms with Crippen molar-refractivity contribution in [3.05, 3.63) is 83.3 Å². The van der Waals surface area contributed by atoms with Crippen LogP contribution in [0.4, 0.5) is 0 Å². The number of H-pyrrole nitrogens is 1. The molecule has 2 N–H and O–H groups in total. The number of aliphatic hydroxyl groups is 1. The van der Waals surface area contributed by atoms with Gasteiger partial charge in [-0.2, -0.15) is 5.10 Å². The lowest BCUT2D eigenvalue weighted by Gasteiger charge is -2.10. The Hall–Kier alpha value is -4.10. The minimum atomic E-state index is -0.358. The van der Waals surface area contributed by atoms with Crippen LogP contribution >= 0.6 is 0 Å². The van der Waals surface area contributed by atoms with Crippen molar-refractivity contribution < 1.29 is 19.4 Å². The van der Waals surface area contributed by atoms with Crippen LogP contribution < -0.4 is 4.74 Å². The molecule has 7 nitrogen and oxygen atoms in total. The van der Waals surface area contributed by atoms with Gasteiger partial charge in [-0.1, -0.05) is 54.6 Å². The molecule has 1 aliphatic rings. The van der Waals surface area contributed by atoms with Gasteiger partial charge in [0.15, 0.2) is 0 Å². The van der Waals surface area contributed by atoms with Crippen molar-refractivity contribution in [3.63, 3.8) is 0 Å². The van der Waals surface area contributed by atoms with Gasteiger partial charge in [0.1, 0.15) is 11.4 Å². The molecule has 1 saturated carbocycles. The molecule has 6 rings (SSSR count). The van der Waals surface area contributed by atoms with Crippen LogP contribution in [-0.4, -0.2) is 39.1 Å². The van der Waals surface area contributed by atoms with Gasteiger partial charge in [0, 0.05) is 40.1 Å². The Kier molecular flexibility index (Phi) is 7.30. The zero-order valence-electron chi connectivity index (χ0n) is 23.1. The van der Waals surface area contributed by atoms with E-state index in [1.165, 1.54) is 5.69 Å². The fraction of sp³-hybridized carbons (Fsp3) is 0.333. The van der Waals surface area contributed by atoms with Crippen molar-refractivity contribution in [1.82, 2.24) is 14.8 Å². The van der Waals surface area contributed by atoms with E-state index >= 15 is 0 Å². The van der Waals surface area contributed by atoms with Gasteiger partial charge in [-0.3, -0.25) is 4.68 Å². The van der Waals surface area contributed by atoms with Crippen LogP contribution in [0.15, 0.2) is 60.7 Å². The second-order valence-corrected chi connectivity index (χ2v) is 10.3. The highest BCUT2D eigenvalue weighted by Gasteiger charge is 2.33. The molecule has 206 valence electrons. The number of rotatable bonds is 11. The van der Waals surface area contributed by atoms with Crippen LogP contribution in [0.25, 0.3) is 32.8 Å². The minimum absolute atomic E-state index is 0.137. The summed E-state index contributed by atoms with van der Waals surface area (Å²) in [5, 5.41) is 18.2. The zero-order chi connectivity index (χ0) is 27.6. The van der Waals surface area contributed by atoms with Gasteiger partial charge < -0.3 is 19.6 Å². The van der Waals surface area contributed by atoms with E-state index in [4.69, 9.17) is 14.6 Å². The fourth-order valence-electron chi connectivity index (χ4n) is 5.81. The third-order valence-corrected chi connectivity index (χ3v) is 7.75. The Morgan fingerprint density at radius 3 is 2.60 bits per heavy atom. The second kappa shape index (κ2) is 11.2. The van der Waals surface area contributed by atoms with E-state index < -0.39 is 0 Å². The van der Waals surface area contributed by atoms with E-state index in [-0.39, 0.29) is 12.6 Å². The summed E-state index contributed by atoms with van der Waals surface area (Å²) in [6.45, 7) is 5.33. The van der Waals surface area contributed by atoms with E-state index in [0.29, 0.717) is 36.9 Å². The molecule has 0 spiro atoms. The topological polar surface area (TPSA) is 89.4 Å². The molecular weight excluding hydrogens is 502 g/mol. The summed E-state index contributed by atoms with van der Waals surface area (Å²) in [7, 11) is 0. The Morgan fingerprint density at radius 2 is 1.82 bits per heavy atom. The summed E-state index contributed by atoms with van der Waals surface area (Å²) in [5.74, 6) is 0.953. The van der Waals surface area contributed by atoms with Gasteiger partial charge in [-0.05, 0) is 56.5 Å². The number of benzene rings is 3. The first kappa shape index (κ1) is 26.1. The molecule has 1 fully saturated rings. The van der Waals surface area contributed by atoms with Gasteiger partial charge in [0.05, 0.1) is 31.0 Å². The minimum Gasteiger partial charge on any atom is -0.493 e. The molecule has 0 amide bonds. The van der Waals surface area contributed by atoms with Crippen molar-refractivity contribution in [1.29, 1.82) is 0 Å². The van der Waals surface area contributed by atoms with Crippen molar-refractivity contribution in [2.45, 2.75) is 58.6 Å². The number of aromatic nitrogens is 3. The molecule has 0 atom stereocenters. The largest absolute Gasteiger partial charge is 0.493 e. The van der Waals surface area contributed by atoms with Gasteiger partial charge in [0.2, 0.25) is 0 Å². The van der Waals surface area contributed by atoms with Crippen molar-refractivity contribution in [2.75, 3.05) is 13.2 Å². The number of hydrogen-bond donors (Lipinski definition) is 2. The number of aliphatic hydroxyl groups excluding tert-OH is 1. The number of hydrogen-bond acceptors (Lipinski definition) is 5. The molecule has 3 aromatic carbocycles. The average Bonchev–Trinajstić information content (AvgIpc) is 3.65. The molecule has 2 aromatic heterocycles. The Labute approximate surface area is 233 Å². The summed E-state index contributed by atoms with van der Waals surface area (Å²) < 4.78 is 13.7. The summed E-state index contributed by atoms with van der Waals surface area (Å²) in [6, 6.07) is 20.4. The summed E-state index contributed by atoms with van der Waals surface area (Å²) in [5.41, 5.74) is 6.09. The molecule has 7 heteroatoms. The van der Waals surface area contributed by atoms with E-state index in [0.717, 1.165) is 69.9 Å². The van der Waals surface area contributed by atoms with E-state index in [1.807, 2.05) is 41.9 Å². The van der Waals surface area contributed by atoms with Crippen LogP contribution in [0.5, 0.6) is 5.75 Å². The maximum absolute atomic E-state index is 13.1. The molecule has 40 heavy (non-hydrogen) atoms. The predicted molar refractivity (Wildman–Crippen MR) is 157 cm³/mol. The van der Waals surface area contributed by atoms with Crippen molar-refractivity contribution in [2.24, 2.45) is 0 Å². The summed E-state index contributed by atoms with van der Waals surface area (Å²) >= 11 is 0. The number of nitrogens with one attached hydrogen (secondary N) is 1. The number of carbonyl (C=O) groups is 1. The first-order chi connectivity index (χ1) is 19.6. The maximum Gasteiger partial charge on any atom is 0.355 e. The first-order valence-electron chi connectivity index (χ1n) is 14.3. The highest BCUT2D eigenvalue weighted by molar-refractivity contribution is 6.04. The summed E-state index contributed by atoms with van der Waals surface area (Å²) in [4.78, 5) is 16.5. The monoisotopic (exact) mass is 537 g/mol. The molecule has 0 bridgehead atoms. The van der Waals surface area contributed by atoms with Gasteiger partial charge >= 0.3 is 5.97 Å². The Morgan fingerprint density at radius 1 is 1.05 bits per heavy atom. The molecule has 0 saturated heterocycles. The molecule has 1 aliphatic carbocycles. The molecular formula is C33H35N3O4. The summed E-state index contributed by atoms with van der Waals surface area (Å²) in [6.07, 6.45) is 3.63. The second-order valence-electron chi connectivity index (χ2n) is 10.3. The lowest BCUT2D eigenvalue weighted by Crippen LogP contribution is -2.09.